The van der Waals surface area contributed by atoms with Crippen molar-refractivity contribution in [2.24, 2.45) is 11.8 Å². The van der Waals surface area contributed by atoms with Crippen LogP contribution in [-0.4, -0.2) is 53.8 Å². The predicted molar refractivity (Wildman–Crippen MR) is 168 cm³/mol. The first kappa shape index (κ1) is 37.9. The minimum absolute atomic E-state index is 0.0294. The zero-order valence-corrected chi connectivity index (χ0v) is 27.1. The van der Waals surface area contributed by atoms with Gasteiger partial charge < -0.3 is 30.6 Å². The number of hydrogen-bond donors (Lipinski definition) is 6. The Kier molecular flexibility index (Phi) is 14.4. The Morgan fingerprint density at radius 3 is 0.886 bits per heavy atom. The van der Waals surface area contributed by atoms with Crippen molar-refractivity contribution in [3.63, 3.8) is 0 Å². The molecule has 6 N–H and O–H groups in total. The molecular formula is C34H48O10. The van der Waals surface area contributed by atoms with Crippen LogP contribution in [-0.2, 0) is 0 Å². The van der Waals surface area contributed by atoms with Gasteiger partial charge in [-0.25, -0.2) is 0 Å². The number of ketones is 4. The molecule has 10 heteroatoms. The van der Waals surface area contributed by atoms with Crippen LogP contribution in [0.2, 0.25) is 0 Å². The molecule has 0 saturated heterocycles. The maximum absolute atomic E-state index is 12.4. The lowest BCUT2D eigenvalue weighted by atomic mass is 9.91. The number of carbonyl (C=O) groups is 4. The zero-order valence-electron chi connectivity index (χ0n) is 27.1. The smallest absolute Gasteiger partial charge is 0.170 e. The summed E-state index contributed by atoms with van der Waals surface area (Å²) in [6, 6.07) is 0. The van der Waals surface area contributed by atoms with E-state index in [2.05, 4.69) is 0 Å². The number of Topliss-reactive ketones (excluding diaryl/α,β-unsaturated/α-hetero) is 4. The normalized spacial score (nSPS) is 11.0. The average molecular weight is 617 g/mol. The summed E-state index contributed by atoms with van der Waals surface area (Å²) in [6.45, 7) is 14.3. The van der Waals surface area contributed by atoms with Crippen LogP contribution in [0.1, 0.15) is 145 Å². The molecule has 0 fully saturated rings. The molecule has 0 unspecified atom stereocenters. The van der Waals surface area contributed by atoms with Gasteiger partial charge in [0.05, 0.1) is 0 Å². The van der Waals surface area contributed by atoms with Crippen LogP contribution in [0.4, 0.5) is 0 Å². The molecule has 2 rings (SSSR count). The number of phenols is 6. The van der Waals surface area contributed by atoms with E-state index in [1.165, 1.54) is 13.8 Å². The maximum Gasteiger partial charge on any atom is 0.170 e. The van der Waals surface area contributed by atoms with Crippen LogP contribution in [0, 0.1) is 25.7 Å². The van der Waals surface area contributed by atoms with E-state index in [1.807, 2.05) is 27.7 Å². The van der Waals surface area contributed by atoms with Crippen LogP contribution in [0.5, 0.6) is 34.5 Å². The van der Waals surface area contributed by atoms with Gasteiger partial charge in [-0.1, -0.05) is 41.5 Å². The Bertz CT molecular complexity index is 1290. The topological polar surface area (TPSA) is 190 Å². The fourth-order valence-corrected chi connectivity index (χ4v) is 4.52. The van der Waals surface area contributed by atoms with Gasteiger partial charge in [-0.15, -0.1) is 0 Å². The van der Waals surface area contributed by atoms with Gasteiger partial charge in [-0.05, 0) is 51.4 Å². The highest BCUT2D eigenvalue weighted by atomic mass is 16.3. The predicted octanol–water partition coefficient (Wildman–Crippen LogP) is 7.43. The molecule has 10 nitrogen and oxygen atoms in total. The fourth-order valence-electron chi connectivity index (χ4n) is 4.52. The Morgan fingerprint density at radius 1 is 0.455 bits per heavy atom. The summed E-state index contributed by atoms with van der Waals surface area (Å²) < 4.78 is 0. The van der Waals surface area contributed by atoms with Crippen molar-refractivity contribution in [2.75, 3.05) is 0 Å². The fraction of sp³-hybridized carbons (Fsp3) is 0.529. The van der Waals surface area contributed by atoms with Crippen molar-refractivity contribution >= 4 is 23.1 Å². The minimum atomic E-state index is -0.623. The van der Waals surface area contributed by atoms with Gasteiger partial charge in [0.2, 0.25) is 0 Å². The van der Waals surface area contributed by atoms with E-state index < -0.39 is 57.6 Å². The number of carbonyl (C=O) groups excluding carboxylic acids is 4. The third-order valence-corrected chi connectivity index (χ3v) is 7.28. The van der Waals surface area contributed by atoms with E-state index in [4.69, 9.17) is 0 Å². The van der Waals surface area contributed by atoms with E-state index in [-0.39, 0.29) is 59.1 Å². The molecule has 0 aromatic heterocycles. The summed E-state index contributed by atoms with van der Waals surface area (Å²) in [7, 11) is 0. The van der Waals surface area contributed by atoms with Gasteiger partial charge in [0.15, 0.2) is 23.1 Å². The van der Waals surface area contributed by atoms with Gasteiger partial charge >= 0.3 is 0 Å². The summed E-state index contributed by atoms with van der Waals surface area (Å²) in [6.07, 6.45) is 2.92. The summed E-state index contributed by atoms with van der Waals surface area (Å²) in [4.78, 5) is 48.7. The van der Waals surface area contributed by atoms with E-state index in [9.17, 15) is 49.8 Å². The van der Waals surface area contributed by atoms with Crippen LogP contribution < -0.4 is 0 Å². The van der Waals surface area contributed by atoms with E-state index in [1.54, 1.807) is 13.8 Å². The van der Waals surface area contributed by atoms with Crippen LogP contribution >= 0.6 is 0 Å². The molecule has 2 aromatic carbocycles. The monoisotopic (exact) mass is 616 g/mol. The molecule has 44 heavy (non-hydrogen) atoms. The van der Waals surface area contributed by atoms with Gasteiger partial charge in [0.1, 0.15) is 56.8 Å². The molecule has 0 bridgehead atoms. The quantitative estimate of drug-likeness (QED) is 0.116. The zero-order chi connectivity index (χ0) is 34.0. The first-order valence-electron chi connectivity index (χ1n) is 15.1. The molecule has 0 radical (unpaired) electrons. The van der Waals surface area contributed by atoms with Gasteiger partial charge in [0, 0.05) is 36.8 Å². The molecule has 0 amide bonds. The third kappa shape index (κ3) is 8.97. The number of benzene rings is 2. The Hall–Kier alpha value is -4.08. The minimum Gasteiger partial charge on any atom is -0.507 e. The molecule has 2 aromatic rings. The second-order valence-electron chi connectivity index (χ2n) is 11.9. The van der Waals surface area contributed by atoms with Crippen molar-refractivity contribution in [2.45, 2.75) is 107 Å². The highest BCUT2D eigenvalue weighted by Gasteiger charge is 2.30. The highest BCUT2D eigenvalue weighted by Crippen LogP contribution is 2.44. The van der Waals surface area contributed by atoms with Crippen molar-refractivity contribution in [1.82, 2.24) is 0 Å². The lowest BCUT2D eigenvalue weighted by Gasteiger charge is -2.16. The van der Waals surface area contributed by atoms with Gasteiger partial charge in [0.25, 0.3) is 0 Å². The molecule has 0 aliphatic carbocycles. The van der Waals surface area contributed by atoms with Crippen molar-refractivity contribution in [3.8, 4) is 34.5 Å². The molecule has 0 spiro atoms. The standard InChI is InChI=1S/C19H28O5.C15H20O5/c1-10(2)6-8-13(20)15-17(22)12(5)18(23)16(19(15)24)14(21)9-7-11(3)4;1-4-6-9(16)11-13(18)8(3)14(19)12(15(11)20)10(17)7-5-2/h10-11,22-24H,6-9H2,1-5H3;18-20H,4-7H2,1-3H3. The number of aromatic hydroxyl groups is 6. The molecule has 244 valence electrons. The summed E-state index contributed by atoms with van der Waals surface area (Å²) in [5, 5.41) is 60.7. The number of phenolic OH excluding ortho intramolecular Hbond substituents is 6. The molecule has 0 aliphatic rings. The summed E-state index contributed by atoms with van der Waals surface area (Å²) in [5.74, 6) is -4.25. The van der Waals surface area contributed by atoms with Crippen LogP contribution in [0.3, 0.4) is 0 Å². The SMILES string of the molecule is CCCC(=O)c1c(O)c(C)c(O)c(C(=O)CCC)c1O.Cc1c(O)c(C(=O)CCC(C)C)c(O)c(C(=O)CCC(C)C)c1O. The van der Waals surface area contributed by atoms with Crippen LogP contribution in [0.25, 0.3) is 0 Å². The van der Waals surface area contributed by atoms with Crippen molar-refractivity contribution in [1.29, 1.82) is 0 Å². The van der Waals surface area contributed by atoms with E-state index in [0.29, 0.717) is 37.5 Å². The number of hydrogen-bond acceptors (Lipinski definition) is 10. The Labute approximate surface area is 259 Å². The van der Waals surface area contributed by atoms with Crippen molar-refractivity contribution in [3.05, 3.63) is 33.4 Å². The lowest BCUT2D eigenvalue weighted by Crippen LogP contribution is -2.09. The highest BCUT2D eigenvalue weighted by molar-refractivity contribution is 6.10. The second-order valence-corrected chi connectivity index (χ2v) is 11.9. The third-order valence-electron chi connectivity index (χ3n) is 7.28. The first-order valence-corrected chi connectivity index (χ1v) is 15.1. The molecular weight excluding hydrogens is 568 g/mol. The number of rotatable bonds is 14. The summed E-state index contributed by atoms with van der Waals surface area (Å²) in [5.41, 5.74) is -1.02. The molecule has 0 atom stereocenters. The van der Waals surface area contributed by atoms with E-state index >= 15 is 0 Å². The second kappa shape index (κ2) is 16.7. The van der Waals surface area contributed by atoms with Gasteiger partial charge in [-0.2, -0.15) is 0 Å². The Morgan fingerprint density at radius 2 is 0.682 bits per heavy atom. The molecule has 0 saturated carbocycles. The van der Waals surface area contributed by atoms with Crippen molar-refractivity contribution < 1.29 is 49.8 Å². The molecule has 0 aliphatic heterocycles. The largest absolute Gasteiger partial charge is 0.507 e. The Balaban J connectivity index is 0.000000447. The summed E-state index contributed by atoms with van der Waals surface area (Å²) >= 11 is 0. The lowest BCUT2D eigenvalue weighted by molar-refractivity contribution is 0.0952. The van der Waals surface area contributed by atoms with Crippen LogP contribution in [0.15, 0.2) is 0 Å². The van der Waals surface area contributed by atoms with E-state index in [0.717, 1.165) is 0 Å². The average Bonchev–Trinajstić information content (AvgIpc) is 2.93. The first-order chi connectivity index (χ1) is 20.4. The molecule has 0 heterocycles. The van der Waals surface area contributed by atoms with Gasteiger partial charge in [-0.3, -0.25) is 19.2 Å². The maximum atomic E-state index is 12.4.